The fraction of sp³-hybridized carbons (Fsp3) is 0.750. The molecule has 101 heavy (non-hydrogen) atoms. The molecule has 0 bridgehead atoms. The predicted molar refractivity (Wildman–Crippen MR) is 373 cm³/mol. The lowest BCUT2D eigenvalue weighted by Crippen LogP contribution is -2.65. The SMILES string of the molecule is CC[C@H](C)[C@@H]1NC(=O)[C@H](CC(C)C)N(C)C(=O)C[C@@H](C(=O)N2CCCCC2)N(C)C(=O)[C@H](C2CCCCC2)N(C)C(=O)C2(CCCC2)NC(=O)C2CCCN2C(=O)[C@H](CCc2ccc(C(F)(F)F)c(Cl)c2)NC(=O)CN(C)C(=O)[C@H](COCCC(C)C)N(C)C(=O)CN(C)C(=O)CN(C)C1=O. The van der Waals surface area contributed by atoms with Gasteiger partial charge in [0, 0.05) is 75.6 Å². The number of halogens is 4. The van der Waals surface area contributed by atoms with Gasteiger partial charge in [-0.05, 0) is 125 Å². The Morgan fingerprint density at radius 1 is 0.644 bits per heavy atom. The molecule has 12 amide bonds. The van der Waals surface area contributed by atoms with E-state index in [1.807, 2.05) is 34.6 Å². The first-order valence-electron chi connectivity index (χ1n) is 36.3. The Morgan fingerprint density at radius 3 is 1.86 bits per heavy atom. The lowest BCUT2D eigenvalue weighted by Gasteiger charge is -2.43. The molecule has 3 saturated heterocycles. The molecule has 3 aliphatic heterocycles. The van der Waals surface area contributed by atoms with Crippen molar-refractivity contribution in [3.8, 4) is 0 Å². The third kappa shape index (κ3) is 21.7. The summed E-state index contributed by atoms with van der Waals surface area (Å²) in [6.07, 6.45) is 2.94. The van der Waals surface area contributed by atoms with Gasteiger partial charge in [-0.2, -0.15) is 13.2 Å². The molecule has 566 valence electrons. The van der Waals surface area contributed by atoms with Gasteiger partial charge in [0.2, 0.25) is 70.9 Å². The van der Waals surface area contributed by atoms with Crippen LogP contribution in [0.5, 0.6) is 0 Å². The number of aryl methyl sites for hydroxylation is 1. The van der Waals surface area contributed by atoms with Gasteiger partial charge in [0.1, 0.15) is 47.8 Å². The Kier molecular flexibility index (Phi) is 30.7. The van der Waals surface area contributed by atoms with Gasteiger partial charge < -0.3 is 64.8 Å². The average Bonchev–Trinajstić information content (AvgIpc) is 1.76. The average molecular weight is 1450 g/mol. The zero-order chi connectivity index (χ0) is 75.0. The molecule has 1 spiro atoms. The Balaban J connectivity index is 1.44. The minimum atomic E-state index is -4.77. The van der Waals surface area contributed by atoms with Crippen LogP contribution in [-0.4, -0.2) is 265 Å². The number of nitrogens with zero attached hydrogens (tertiary/aromatic N) is 9. The lowest BCUT2D eigenvalue weighted by molar-refractivity contribution is -0.157. The van der Waals surface area contributed by atoms with Gasteiger partial charge in [-0.25, -0.2) is 0 Å². The second kappa shape index (κ2) is 37.4. The molecule has 2 saturated carbocycles. The second-order valence-corrected chi connectivity index (χ2v) is 30.1. The van der Waals surface area contributed by atoms with Crippen molar-refractivity contribution in [2.45, 2.75) is 224 Å². The van der Waals surface area contributed by atoms with Gasteiger partial charge in [0.15, 0.2) is 0 Å². The van der Waals surface area contributed by atoms with Crippen LogP contribution in [0.2, 0.25) is 5.02 Å². The van der Waals surface area contributed by atoms with E-state index >= 15 is 28.8 Å². The number of ether oxygens (including phenoxy) is 1. The van der Waals surface area contributed by atoms with Crippen LogP contribution in [0, 0.1) is 23.7 Å². The van der Waals surface area contributed by atoms with Crippen LogP contribution in [0.1, 0.15) is 175 Å². The highest BCUT2D eigenvalue weighted by atomic mass is 35.5. The van der Waals surface area contributed by atoms with Crippen LogP contribution >= 0.6 is 11.6 Å². The van der Waals surface area contributed by atoms with Crippen LogP contribution in [0.15, 0.2) is 18.2 Å². The lowest BCUT2D eigenvalue weighted by atomic mass is 9.81. The van der Waals surface area contributed by atoms with Crippen LogP contribution in [0.25, 0.3) is 0 Å². The summed E-state index contributed by atoms with van der Waals surface area (Å²) in [6.45, 7) is 10.0. The van der Waals surface area contributed by atoms with E-state index in [-0.39, 0.29) is 75.7 Å². The van der Waals surface area contributed by atoms with E-state index in [1.165, 1.54) is 75.0 Å². The zero-order valence-electron chi connectivity index (χ0n) is 61.7. The van der Waals surface area contributed by atoms with Crippen molar-refractivity contribution in [3.05, 3.63) is 34.3 Å². The maximum absolute atomic E-state index is 15.8. The van der Waals surface area contributed by atoms with Crippen LogP contribution in [0.4, 0.5) is 13.2 Å². The summed E-state index contributed by atoms with van der Waals surface area (Å²) in [4.78, 5) is 190. The number of likely N-dealkylation sites (N-methyl/N-ethyl adjacent to an activating group) is 7. The number of fused-ring (bicyclic) bond motifs is 1. The molecule has 3 N–H and O–H groups in total. The molecular weight excluding hydrogens is 1330 g/mol. The highest BCUT2D eigenvalue weighted by molar-refractivity contribution is 6.31. The van der Waals surface area contributed by atoms with Crippen molar-refractivity contribution >= 4 is 82.5 Å². The van der Waals surface area contributed by atoms with Gasteiger partial charge in [0.25, 0.3) is 0 Å². The standard InChI is InChI=1S/C72H112ClF3N12O13/c1-14-47(6)61-68(98)82(9)42-59(91)80(7)43-60(92)84(11)56(44-101-37-31-45(2)3)66(96)81(8)41-57(89)77-52(30-28-48-27-29-50(51(73)39-48)72(74,75)76)65(95)88-36-23-26-53(88)64(94)79-71(32-19-20-33-71)70(100)86(13)62(49-24-17-15-18-25-49)69(99)85(12)55(67(97)87-34-21-16-22-35-87)40-58(90)83(10)54(38-46(4)5)63(93)78-61/h27,29,39,45-47,49,52-56,61-62H,14-26,28,30-38,40-44H2,1-13H3,(H,77,89)(H,78,93)(H,79,94)/t47-,52-,53?,54-,55-,56-,61-,62-/m0/s1. The molecular formula is C72H112ClF3N12O13. The molecule has 1 unspecified atom stereocenters. The highest BCUT2D eigenvalue weighted by Gasteiger charge is 2.51. The number of piperidine rings is 1. The van der Waals surface area contributed by atoms with E-state index < -0.39 is 173 Å². The Morgan fingerprint density at radius 2 is 1.26 bits per heavy atom. The predicted octanol–water partition coefficient (Wildman–Crippen LogP) is 5.52. The van der Waals surface area contributed by atoms with E-state index in [9.17, 15) is 41.9 Å². The summed E-state index contributed by atoms with van der Waals surface area (Å²) in [5, 5.41) is 8.10. The Bertz CT molecular complexity index is 3100. The summed E-state index contributed by atoms with van der Waals surface area (Å²) < 4.78 is 47.6. The number of nitrogens with one attached hydrogen (secondary N) is 3. The summed E-state index contributed by atoms with van der Waals surface area (Å²) in [7, 11) is 9.76. The molecule has 29 heteroatoms. The first-order valence-corrected chi connectivity index (χ1v) is 36.6. The number of likely N-dealkylation sites (tertiary alicyclic amines) is 1. The first kappa shape index (κ1) is 82.9. The topological polar surface area (TPSA) is 279 Å². The molecule has 1 aromatic rings. The largest absolute Gasteiger partial charge is 0.417 e. The third-order valence-electron chi connectivity index (χ3n) is 21.2. The van der Waals surface area contributed by atoms with Gasteiger partial charge >= 0.3 is 6.18 Å². The molecule has 2 aliphatic carbocycles. The molecule has 5 fully saturated rings. The molecule has 8 atom stereocenters. The molecule has 25 nitrogen and oxygen atoms in total. The molecule has 0 radical (unpaired) electrons. The van der Waals surface area contributed by atoms with Crippen LogP contribution < -0.4 is 16.0 Å². The number of carbonyl (C=O) groups excluding carboxylic acids is 12. The fourth-order valence-electron chi connectivity index (χ4n) is 14.5. The summed E-state index contributed by atoms with van der Waals surface area (Å²) in [5.41, 5.74) is -2.38. The summed E-state index contributed by atoms with van der Waals surface area (Å²) in [5.74, 6) is -8.99. The minimum absolute atomic E-state index is 0.0214. The molecule has 6 rings (SSSR count). The van der Waals surface area contributed by atoms with Crippen LogP contribution in [0.3, 0.4) is 0 Å². The van der Waals surface area contributed by atoms with Crippen molar-refractivity contribution in [1.82, 2.24) is 60.0 Å². The molecule has 1 aromatic carbocycles. The Hall–Kier alpha value is -7.10. The van der Waals surface area contributed by atoms with E-state index in [4.69, 9.17) is 16.3 Å². The van der Waals surface area contributed by atoms with Gasteiger partial charge in [-0.15, -0.1) is 0 Å². The highest BCUT2D eigenvalue weighted by Crippen LogP contribution is 2.38. The van der Waals surface area contributed by atoms with Crippen molar-refractivity contribution in [1.29, 1.82) is 0 Å². The van der Waals surface area contributed by atoms with Crippen molar-refractivity contribution in [3.63, 3.8) is 0 Å². The van der Waals surface area contributed by atoms with Gasteiger partial charge in [-0.3, -0.25) is 57.5 Å². The third-order valence-corrected chi connectivity index (χ3v) is 21.5. The molecule has 0 aromatic heterocycles. The summed E-state index contributed by atoms with van der Waals surface area (Å²) >= 11 is 6.15. The number of hydrogen-bond acceptors (Lipinski definition) is 13. The summed E-state index contributed by atoms with van der Waals surface area (Å²) in [6, 6.07) is -5.90. The fourth-order valence-corrected chi connectivity index (χ4v) is 14.9. The van der Waals surface area contributed by atoms with Crippen molar-refractivity contribution < 1.29 is 75.4 Å². The number of carbonyl (C=O) groups is 12. The monoisotopic (exact) mass is 1440 g/mol. The minimum Gasteiger partial charge on any atom is -0.379 e. The quantitative estimate of drug-likeness (QED) is 0.194. The van der Waals surface area contributed by atoms with Gasteiger partial charge in [-0.1, -0.05) is 97.7 Å². The number of amides is 12. The molecule has 5 aliphatic rings. The van der Waals surface area contributed by atoms with E-state index in [1.54, 1.807) is 11.8 Å². The zero-order valence-corrected chi connectivity index (χ0v) is 62.5. The number of rotatable bonds is 14. The van der Waals surface area contributed by atoms with Gasteiger partial charge in [0.05, 0.1) is 43.2 Å². The number of benzene rings is 1. The molecule has 3 heterocycles. The number of alkyl halides is 3. The first-order chi connectivity index (χ1) is 47.5. The van der Waals surface area contributed by atoms with E-state index in [0.29, 0.717) is 70.9 Å². The van der Waals surface area contributed by atoms with E-state index in [0.717, 1.165) is 57.4 Å². The number of hydrogen-bond donors (Lipinski definition) is 3. The second-order valence-electron chi connectivity index (χ2n) is 29.7. The Labute approximate surface area is 599 Å². The smallest absolute Gasteiger partial charge is 0.379 e. The van der Waals surface area contributed by atoms with Crippen molar-refractivity contribution in [2.24, 2.45) is 23.7 Å². The van der Waals surface area contributed by atoms with Crippen molar-refractivity contribution in [2.75, 3.05) is 102 Å². The maximum Gasteiger partial charge on any atom is 0.417 e. The maximum atomic E-state index is 15.8. The van der Waals surface area contributed by atoms with Crippen LogP contribution in [-0.2, 0) is 74.9 Å². The van der Waals surface area contributed by atoms with E-state index in [2.05, 4.69) is 16.0 Å². The normalized spacial score (nSPS) is 25.8.